The molecule has 0 bridgehead atoms. The second-order valence-electron chi connectivity index (χ2n) is 6.59. The van der Waals surface area contributed by atoms with Gasteiger partial charge in [-0.3, -0.25) is 0 Å². The van der Waals surface area contributed by atoms with Gasteiger partial charge in [0.2, 0.25) is 0 Å². The number of hydrogen-bond donors (Lipinski definition) is 1. The number of rotatable bonds is 6. The van der Waals surface area contributed by atoms with Gasteiger partial charge in [0.1, 0.15) is 0 Å². The fraction of sp³-hybridized carbons (Fsp3) is 1.00. The molecule has 0 spiro atoms. The summed E-state index contributed by atoms with van der Waals surface area (Å²) in [6, 6.07) is 0.596. The van der Waals surface area contributed by atoms with Crippen molar-refractivity contribution in [3.63, 3.8) is 0 Å². The van der Waals surface area contributed by atoms with Crippen LogP contribution in [0.2, 0.25) is 0 Å². The predicted molar refractivity (Wildman–Crippen MR) is 76.8 cm³/mol. The van der Waals surface area contributed by atoms with Crippen LogP contribution in [0, 0.1) is 11.8 Å². The van der Waals surface area contributed by atoms with Crippen LogP contribution in [0.3, 0.4) is 0 Å². The number of ether oxygens (including phenoxy) is 1. The van der Waals surface area contributed by atoms with E-state index in [1.165, 1.54) is 51.4 Å². The maximum atomic E-state index is 5.96. The molecule has 0 aromatic carbocycles. The van der Waals surface area contributed by atoms with Crippen LogP contribution < -0.4 is 5.32 Å². The van der Waals surface area contributed by atoms with Crippen molar-refractivity contribution in [3.05, 3.63) is 0 Å². The number of hydrogen-bond acceptors (Lipinski definition) is 2. The third-order valence-corrected chi connectivity index (χ3v) is 5.24. The minimum atomic E-state index is 0.164. The molecule has 2 nitrogen and oxygen atoms in total. The molecular formula is C16H31NO. The van der Waals surface area contributed by atoms with Crippen LogP contribution in [0.15, 0.2) is 0 Å². The first-order valence-corrected chi connectivity index (χ1v) is 8.00. The molecule has 2 aliphatic carbocycles. The molecule has 106 valence electrons. The smallest absolute Gasteiger partial charge is 0.0833 e. The first kappa shape index (κ1) is 14.3. The van der Waals surface area contributed by atoms with Gasteiger partial charge < -0.3 is 10.1 Å². The monoisotopic (exact) mass is 253 g/mol. The van der Waals surface area contributed by atoms with E-state index < -0.39 is 0 Å². The van der Waals surface area contributed by atoms with Gasteiger partial charge in [-0.05, 0) is 56.9 Å². The molecule has 0 heterocycles. The molecule has 0 aliphatic heterocycles. The van der Waals surface area contributed by atoms with Crippen LogP contribution in [0.4, 0.5) is 0 Å². The van der Waals surface area contributed by atoms with Gasteiger partial charge in [-0.2, -0.15) is 0 Å². The highest BCUT2D eigenvalue weighted by Gasteiger charge is 2.47. The second kappa shape index (κ2) is 6.38. The first-order chi connectivity index (χ1) is 8.72. The van der Waals surface area contributed by atoms with E-state index in [0.29, 0.717) is 6.04 Å². The summed E-state index contributed by atoms with van der Waals surface area (Å²) in [6.45, 7) is 5.82. The normalized spacial score (nSPS) is 32.8. The van der Waals surface area contributed by atoms with Crippen molar-refractivity contribution in [1.29, 1.82) is 0 Å². The Hall–Kier alpha value is -0.0800. The number of methoxy groups -OCH3 is 1. The minimum Gasteiger partial charge on any atom is -0.377 e. The van der Waals surface area contributed by atoms with Gasteiger partial charge in [0.25, 0.3) is 0 Å². The maximum Gasteiger partial charge on any atom is 0.0833 e. The SMILES string of the molecule is CCCNC(C1CCCC(C)C1)C1(OC)CCC1. The van der Waals surface area contributed by atoms with Crippen molar-refractivity contribution in [2.75, 3.05) is 13.7 Å². The lowest BCUT2D eigenvalue weighted by molar-refractivity contribution is -0.116. The Balaban J connectivity index is 2.03. The van der Waals surface area contributed by atoms with Crippen molar-refractivity contribution in [2.24, 2.45) is 11.8 Å². The van der Waals surface area contributed by atoms with E-state index in [1.807, 2.05) is 7.11 Å². The summed E-state index contributed by atoms with van der Waals surface area (Å²) in [4.78, 5) is 0. The molecule has 0 aromatic rings. The first-order valence-electron chi connectivity index (χ1n) is 8.00. The quantitative estimate of drug-likeness (QED) is 0.778. The van der Waals surface area contributed by atoms with E-state index in [0.717, 1.165) is 18.4 Å². The molecule has 3 atom stereocenters. The van der Waals surface area contributed by atoms with Crippen LogP contribution >= 0.6 is 0 Å². The van der Waals surface area contributed by atoms with Crippen molar-refractivity contribution in [2.45, 2.75) is 76.9 Å². The van der Waals surface area contributed by atoms with Crippen LogP contribution in [0.1, 0.15) is 65.2 Å². The summed E-state index contributed by atoms with van der Waals surface area (Å²) in [5.74, 6) is 1.74. The van der Waals surface area contributed by atoms with Gasteiger partial charge in [-0.1, -0.05) is 26.7 Å². The highest BCUT2D eigenvalue weighted by atomic mass is 16.5. The Morgan fingerprint density at radius 1 is 1.28 bits per heavy atom. The summed E-state index contributed by atoms with van der Waals surface area (Å²) in [5, 5.41) is 3.83. The van der Waals surface area contributed by atoms with E-state index in [-0.39, 0.29) is 5.60 Å². The Kier molecular flexibility index (Phi) is 5.08. The third kappa shape index (κ3) is 2.91. The van der Waals surface area contributed by atoms with Gasteiger partial charge in [-0.25, -0.2) is 0 Å². The topological polar surface area (TPSA) is 21.3 Å². The lowest BCUT2D eigenvalue weighted by atomic mass is 9.66. The molecule has 1 N–H and O–H groups in total. The van der Waals surface area contributed by atoms with E-state index in [2.05, 4.69) is 19.2 Å². The summed E-state index contributed by atoms with van der Waals surface area (Å²) in [5.41, 5.74) is 0.164. The molecule has 2 aliphatic rings. The van der Waals surface area contributed by atoms with Crippen molar-refractivity contribution in [1.82, 2.24) is 5.32 Å². The van der Waals surface area contributed by atoms with E-state index in [4.69, 9.17) is 4.74 Å². The standard InChI is InChI=1S/C16H31NO/c1-4-11-17-15(16(18-3)9-6-10-16)14-8-5-7-13(2)12-14/h13-15,17H,4-12H2,1-3H3. The molecule has 2 saturated carbocycles. The summed E-state index contributed by atoms with van der Waals surface area (Å²) < 4.78 is 5.96. The highest BCUT2D eigenvalue weighted by Crippen LogP contribution is 2.44. The molecule has 2 heteroatoms. The Labute approximate surface area is 113 Å². The van der Waals surface area contributed by atoms with Gasteiger partial charge in [0.15, 0.2) is 0 Å². The average molecular weight is 253 g/mol. The predicted octanol–water partition coefficient (Wildman–Crippen LogP) is 3.75. The van der Waals surface area contributed by atoms with E-state index in [1.54, 1.807) is 0 Å². The molecule has 0 saturated heterocycles. The van der Waals surface area contributed by atoms with Crippen LogP contribution in [-0.2, 0) is 4.74 Å². The Morgan fingerprint density at radius 2 is 2.06 bits per heavy atom. The van der Waals surface area contributed by atoms with Gasteiger partial charge in [-0.15, -0.1) is 0 Å². The second-order valence-corrected chi connectivity index (χ2v) is 6.59. The summed E-state index contributed by atoms with van der Waals surface area (Å²) >= 11 is 0. The zero-order valence-electron chi connectivity index (χ0n) is 12.5. The molecule has 0 aromatic heterocycles. The van der Waals surface area contributed by atoms with Crippen LogP contribution in [0.5, 0.6) is 0 Å². The van der Waals surface area contributed by atoms with Crippen molar-refractivity contribution < 1.29 is 4.74 Å². The van der Waals surface area contributed by atoms with E-state index >= 15 is 0 Å². The van der Waals surface area contributed by atoms with Crippen LogP contribution in [0.25, 0.3) is 0 Å². The van der Waals surface area contributed by atoms with Gasteiger partial charge in [0.05, 0.1) is 5.60 Å². The molecule has 2 fully saturated rings. The largest absolute Gasteiger partial charge is 0.377 e. The third-order valence-electron chi connectivity index (χ3n) is 5.24. The Morgan fingerprint density at radius 3 is 2.56 bits per heavy atom. The van der Waals surface area contributed by atoms with Gasteiger partial charge >= 0.3 is 0 Å². The summed E-state index contributed by atoms with van der Waals surface area (Å²) in [7, 11) is 1.92. The molecule has 18 heavy (non-hydrogen) atoms. The highest BCUT2D eigenvalue weighted by molar-refractivity contribution is 5.03. The number of nitrogens with one attached hydrogen (secondary N) is 1. The molecule has 3 unspecified atom stereocenters. The zero-order chi connectivity index (χ0) is 13.0. The molecule has 0 radical (unpaired) electrons. The van der Waals surface area contributed by atoms with Crippen LogP contribution in [-0.4, -0.2) is 25.3 Å². The molecule has 2 rings (SSSR count). The van der Waals surface area contributed by atoms with Crippen molar-refractivity contribution in [3.8, 4) is 0 Å². The fourth-order valence-corrected chi connectivity index (χ4v) is 4.03. The lowest BCUT2D eigenvalue weighted by Gasteiger charge is -2.51. The fourth-order valence-electron chi connectivity index (χ4n) is 4.03. The average Bonchev–Trinajstić information content (AvgIpc) is 2.32. The zero-order valence-corrected chi connectivity index (χ0v) is 12.5. The van der Waals surface area contributed by atoms with E-state index in [9.17, 15) is 0 Å². The Bertz CT molecular complexity index is 244. The molecular weight excluding hydrogens is 222 g/mol. The lowest BCUT2D eigenvalue weighted by Crippen LogP contribution is -2.60. The summed E-state index contributed by atoms with van der Waals surface area (Å²) in [6.07, 6.45) is 10.7. The van der Waals surface area contributed by atoms with Crippen molar-refractivity contribution >= 4 is 0 Å². The van der Waals surface area contributed by atoms with Gasteiger partial charge in [0, 0.05) is 13.2 Å². The molecule has 0 amide bonds. The minimum absolute atomic E-state index is 0.164. The maximum absolute atomic E-state index is 5.96.